The molecule has 0 saturated carbocycles. The predicted molar refractivity (Wildman–Crippen MR) is 116 cm³/mol. The molecule has 0 aromatic heterocycles. The number of benzene rings is 2. The first-order chi connectivity index (χ1) is 13.4. The fraction of sp³-hybridized carbons (Fsp3) is 0.250. The van der Waals surface area contributed by atoms with Gasteiger partial charge in [0.15, 0.2) is 11.5 Å². The van der Waals surface area contributed by atoms with Crippen molar-refractivity contribution >= 4 is 62.3 Å². The summed E-state index contributed by atoms with van der Waals surface area (Å²) in [6.07, 6.45) is 0.378. The molecule has 148 valence electrons. The molecule has 0 heterocycles. The maximum atomic E-state index is 13.0. The van der Waals surface area contributed by atoms with Crippen LogP contribution < -0.4 is 5.43 Å². The van der Waals surface area contributed by atoms with Crippen molar-refractivity contribution in [2.24, 2.45) is 11.0 Å². The molecular formula is C20H19BrCl2N2O3. The highest BCUT2D eigenvalue weighted by atomic mass is 79.9. The van der Waals surface area contributed by atoms with E-state index >= 15 is 0 Å². The number of ketones is 1. The summed E-state index contributed by atoms with van der Waals surface area (Å²) in [4.78, 5) is 25.5. The van der Waals surface area contributed by atoms with Crippen molar-refractivity contribution in [2.75, 3.05) is 12.0 Å². The number of hydrogen-bond acceptors (Lipinski definition) is 5. The molecule has 0 bridgehead atoms. The Hall–Kier alpha value is -1.89. The predicted octanol–water partition coefficient (Wildman–Crippen LogP) is 6.00. The Morgan fingerprint density at radius 1 is 1.14 bits per heavy atom. The van der Waals surface area contributed by atoms with Crippen molar-refractivity contribution in [2.45, 2.75) is 20.3 Å². The maximum absolute atomic E-state index is 13.0. The lowest BCUT2D eigenvalue weighted by Crippen LogP contribution is -2.32. The lowest BCUT2D eigenvalue weighted by atomic mass is 9.91. The van der Waals surface area contributed by atoms with Crippen LogP contribution in [0, 0.1) is 5.92 Å². The molecule has 0 fully saturated rings. The van der Waals surface area contributed by atoms with Crippen molar-refractivity contribution in [1.29, 1.82) is 0 Å². The zero-order valence-corrected chi connectivity index (χ0v) is 18.4. The zero-order valence-electron chi connectivity index (χ0n) is 15.3. The number of Topliss-reactive ketones (excluding diaryl/α,β-unsaturated/α-hetero) is 1. The number of rotatable bonds is 8. The Bertz CT molecular complexity index is 886. The number of esters is 1. The summed E-state index contributed by atoms with van der Waals surface area (Å²) < 4.78 is 5.96. The molecule has 0 aliphatic carbocycles. The Kier molecular flexibility index (Phi) is 8.48. The number of hydrazone groups is 1. The number of carbonyl (C=O) groups is 2. The number of anilines is 1. The highest BCUT2D eigenvalue weighted by Crippen LogP contribution is 2.26. The quantitative estimate of drug-likeness (QED) is 0.215. The molecule has 0 amide bonds. The number of carbonyl (C=O) groups excluding carboxylic acids is 2. The largest absolute Gasteiger partial charge is 0.461 e. The van der Waals surface area contributed by atoms with Crippen LogP contribution in [0.5, 0.6) is 0 Å². The molecule has 2 rings (SSSR count). The van der Waals surface area contributed by atoms with Gasteiger partial charge >= 0.3 is 5.97 Å². The van der Waals surface area contributed by atoms with Gasteiger partial charge in [-0.3, -0.25) is 10.2 Å². The normalized spacial score (nSPS) is 12.4. The Morgan fingerprint density at radius 3 is 2.39 bits per heavy atom. The molecule has 2 aromatic carbocycles. The van der Waals surface area contributed by atoms with Crippen molar-refractivity contribution in [1.82, 2.24) is 0 Å². The standard InChI is InChI=1S/C20H19BrCl2N2O3/c1-3-15(19(26)12-5-7-13(21)8-6-12)18(20(27)28-4-2)25-24-17-10-9-14(22)11-16(17)23/h5-11,15,24H,3-4H2,1-2H3. The van der Waals surface area contributed by atoms with Crippen molar-refractivity contribution < 1.29 is 14.3 Å². The first kappa shape index (κ1) is 22.4. The molecular weight excluding hydrogens is 467 g/mol. The highest BCUT2D eigenvalue weighted by molar-refractivity contribution is 9.10. The molecule has 0 aliphatic rings. The highest BCUT2D eigenvalue weighted by Gasteiger charge is 2.30. The summed E-state index contributed by atoms with van der Waals surface area (Å²) in [7, 11) is 0. The molecule has 5 nitrogen and oxygen atoms in total. The molecule has 0 aliphatic heterocycles. The average Bonchev–Trinajstić information content (AvgIpc) is 2.66. The summed E-state index contributed by atoms with van der Waals surface area (Å²) in [6.45, 7) is 3.67. The second-order valence-corrected chi connectivity index (χ2v) is 7.54. The van der Waals surface area contributed by atoms with Crippen LogP contribution in [0.1, 0.15) is 30.6 Å². The molecule has 8 heteroatoms. The van der Waals surface area contributed by atoms with E-state index in [0.717, 1.165) is 4.47 Å². The van der Waals surface area contributed by atoms with Crippen LogP contribution >= 0.6 is 39.1 Å². The number of hydrogen-bond donors (Lipinski definition) is 1. The first-order valence-corrected chi connectivity index (χ1v) is 10.2. The van der Waals surface area contributed by atoms with Gasteiger partial charge in [0.25, 0.3) is 0 Å². The fourth-order valence-electron chi connectivity index (χ4n) is 2.49. The Morgan fingerprint density at radius 2 is 1.82 bits per heavy atom. The monoisotopic (exact) mass is 484 g/mol. The van der Waals surface area contributed by atoms with Gasteiger partial charge in [-0.05, 0) is 43.7 Å². The molecule has 0 radical (unpaired) electrons. The average molecular weight is 486 g/mol. The second kappa shape index (κ2) is 10.6. The topological polar surface area (TPSA) is 67.8 Å². The third-order valence-electron chi connectivity index (χ3n) is 3.90. The first-order valence-electron chi connectivity index (χ1n) is 8.62. The maximum Gasteiger partial charge on any atom is 0.355 e. The van der Waals surface area contributed by atoms with E-state index in [-0.39, 0.29) is 18.1 Å². The van der Waals surface area contributed by atoms with Crippen molar-refractivity contribution in [3.8, 4) is 0 Å². The molecule has 1 N–H and O–H groups in total. The van der Waals surface area contributed by atoms with E-state index in [1.165, 1.54) is 0 Å². The van der Waals surface area contributed by atoms with Gasteiger partial charge in [-0.2, -0.15) is 5.10 Å². The minimum absolute atomic E-state index is 0.0108. The fourth-order valence-corrected chi connectivity index (χ4v) is 3.20. The molecule has 2 aromatic rings. The smallest absolute Gasteiger partial charge is 0.355 e. The molecule has 1 atom stereocenters. The van der Waals surface area contributed by atoms with Crippen LogP contribution in [0.25, 0.3) is 0 Å². The van der Waals surface area contributed by atoms with Crippen LogP contribution in [0.3, 0.4) is 0 Å². The van der Waals surface area contributed by atoms with Gasteiger partial charge in [-0.1, -0.05) is 58.2 Å². The van der Waals surface area contributed by atoms with E-state index in [1.54, 1.807) is 49.4 Å². The van der Waals surface area contributed by atoms with E-state index in [9.17, 15) is 9.59 Å². The SMILES string of the molecule is CCOC(=O)C(=NNc1ccc(Cl)cc1Cl)C(CC)C(=O)c1ccc(Br)cc1. The number of halogens is 3. The number of ether oxygens (including phenoxy) is 1. The minimum atomic E-state index is -0.765. The molecule has 1 unspecified atom stereocenters. The van der Waals surface area contributed by atoms with Gasteiger partial charge in [0.05, 0.1) is 23.2 Å². The summed E-state index contributed by atoms with van der Waals surface area (Å²) in [6, 6.07) is 11.8. The lowest BCUT2D eigenvalue weighted by Gasteiger charge is -2.16. The number of nitrogens with zero attached hydrogens (tertiary/aromatic N) is 1. The second-order valence-electron chi connectivity index (χ2n) is 5.79. The van der Waals surface area contributed by atoms with E-state index in [1.807, 2.05) is 6.92 Å². The number of nitrogens with one attached hydrogen (secondary N) is 1. The van der Waals surface area contributed by atoms with Crippen LogP contribution in [0.2, 0.25) is 10.0 Å². The zero-order chi connectivity index (χ0) is 20.7. The molecule has 0 spiro atoms. The summed E-state index contributed by atoms with van der Waals surface area (Å²) in [5.41, 5.74) is 3.68. The van der Waals surface area contributed by atoms with Gasteiger partial charge in [0, 0.05) is 15.1 Å². The van der Waals surface area contributed by atoms with E-state index in [0.29, 0.717) is 27.7 Å². The van der Waals surface area contributed by atoms with Gasteiger partial charge in [0.1, 0.15) is 0 Å². The van der Waals surface area contributed by atoms with Crippen LogP contribution in [0.15, 0.2) is 52.0 Å². The summed E-state index contributed by atoms with van der Waals surface area (Å²) in [5.74, 6) is -1.64. The van der Waals surface area contributed by atoms with Gasteiger partial charge in [-0.25, -0.2) is 4.79 Å². The van der Waals surface area contributed by atoms with E-state index < -0.39 is 11.9 Å². The van der Waals surface area contributed by atoms with Crippen LogP contribution in [-0.2, 0) is 9.53 Å². The van der Waals surface area contributed by atoms with Gasteiger partial charge in [0.2, 0.25) is 0 Å². The molecule has 28 heavy (non-hydrogen) atoms. The minimum Gasteiger partial charge on any atom is -0.461 e. The summed E-state index contributed by atoms with van der Waals surface area (Å²) in [5, 5.41) is 4.99. The van der Waals surface area contributed by atoms with Gasteiger partial charge < -0.3 is 4.74 Å². The van der Waals surface area contributed by atoms with Crippen LogP contribution in [0.4, 0.5) is 5.69 Å². The van der Waals surface area contributed by atoms with E-state index in [2.05, 4.69) is 26.5 Å². The van der Waals surface area contributed by atoms with Crippen molar-refractivity contribution in [3.05, 3.63) is 62.5 Å². The Balaban J connectivity index is 2.37. The van der Waals surface area contributed by atoms with Crippen molar-refractivity contribution in [3.63, 3.8) is 0 Å². The van der Waals surface area contributed by atoms with Gasteiger partial charge in [-0.15, -0.1) is 0 Å². The van der Waals surface area contributed by atoms with Crippen LogP contribution in [-0.4, -0.2) is 24.1 Å². The van der Waals surface area contributed by atoms with E-state index in [4.69, 9.17) is 27.9 Å². The third kappa shape index (κ3) is 5.80. The summed E-state index contributed by atoms with van der Waals surface area (Å²) >= 11 is 15.4. The third-order valence-corrected chi connectivity index (χ3v) is 4.97. The lowest BCUT2D eigenvalue weighted by molar-refractivity contribution is -0.135. The Labute approximate surface area is 182 Å². The molecule has 0 saturated heterocycles.